The number of aromatic nitrogens is 3. The van der Waals surface area contributed by atoms with E-state index in [1.54, 1.807) is 4.90 Å². The Balaban J connectivity index is 1.32. The summed E-state index contributed by atoms with van der Waals surface area (Å²) in [6.07, 6.45) is 3.53. The lowest BCUT2D eigenvalue weighted by molar-refractivity contribution is -0.131. The monoisotopic (exact) mass is 388 g/mol. The van der Waals surface area contributed by atoms with Gasteiger partial charge in [0.2, 0.25) is 5.91 Å². The number of oxazole rings is 1. The third-order valence-electron chi connectivity index (χ3n) is 4.19. The molecule has 0 radical (unpaired) electrons. The number of hydrogen-bond donors (Lipinski definition) is 0. The van der Waals surface area contributed by atoms with Crippen molar-refractivity contribution in [2.24, 2.45) is 0 Å². The fraction of sp³-hybridized carbons (Fsp3) is 0.333. The Morgan fingerprint density at radius 3 is 2.96 bits per heavy atom. The molecule has 1 amide bonds. The minimum absolute atomic E-state index is 0.00409. The first-order valence-electron chi connectivity index (χ1n) is 8.58. The van der Waals surface area contributed by atoms with Crippen LogP contribution in [0.3, 0.4) is 0 Å². The summed E-state index contributed by atoms with van der Waals surface area (Å²) < 4.78 is 24.2. The number of thioether (sulfide) groups is 1. The predicted molar refractivity (Wildman–Crippen MR) is 97.0 cm³/mol. The number of likely N-dealkylation sites (tertiary alicyclic amines) is 1. The Morgan fingerprint density at radius 2 is 2.15 bits per heavy atom. The van der Waals surface area contributed by atoms with E-state index in [0.29, 0.717) is 23.9 Å². The van der Waals surface area contributed by atoms with Crippen molar-refractivity contribution in [3.63, 3.8) is 0 Å². The highest BCUT2D eigenvalue weighted by Gasteiger charge is 2.26. The molecule has 1 aliphatic heterocycles. The van der Waals surface area contributed by atoms with Crippen molar-refractivity contribution >= 4 is 28.8 Å². The zero-order chi connectivity index (χ0) is 18.6. The summed E-state index contributed by atoms with van der Waals surface area (Å²) in [6, 6.07) is 7.61. The number of fused-ring (bicyclic) bond motifs is 1. The number of hydrogen-bond acceptors (Lipinski definition) is 7. The van der Waals surface area contributed by atoms with Crippen LogP contribution in [0.2, 0.25) is 0 Å². The van der Waals surface area contributed by atoms with Crippen molar-refractivity contribution in [2.45, 2.75) is 24.2 Å². The molecule has 1 fully saturated rings. The van der Waals surface area contributed by atoms with Gasteiger partial charge in [-0.2, -0.15) is 0 Å². The van der Waals surface area contributed by atoms with Crippen LogP contribution in [0.5, 0.6) is 6.01 Å². The van der Waals surface area contributed by atoms with Gasteiger partial charge in [0.25, 0.3) is 5.22 Å². The first-order valence-corrected chi connectivity index (χ1v) is 9.56. The standard InChI is InChI=1S/C18H17FN4O3S/c19-12-8-20-17(21-9-12)25-13-4-3-7-23(10-13)16(24)11-27-18-22-14-5-1-2-6-15(14)26-18/h1-2,5-6,8-9,13H,3-4,7,10-11H2. The van der Waals surface area contributed by atoms with Crippen molar-refractivity contribution in [1.29, 1.82) is 0 Å². The van der Waals surface area contributed by atoms with Crippen LogP contribution < -0.4 is 4.74 Å². The van der Waals surface area contributed by atoms with E-state index in [-0.39, 0.29) is 23.8 Å². The normalized spacial score (nSPS) is 17.2. The third kappa shape index (κ3) is 4.36. The van der Waals surface area contributed by atoms with Gasteiger partial charge >= 0.3 is 6.01 Å². The van der Waals surface area contributed by atoms with E-state index < -0.39 is 5.82 Å². The number of piperidine rings is 1. The average molecular weight is 388 g/mol. The highest BCUT2D eigenvalue weighted by Crippen LogP contribution is 2.24. The van der Waals surface area contributed by atoms with Crippen LogP contribution in [0.1, 0.15) is 12.8 Å². The van der Waals surface area contributed by atoms with Crippen LogP contribution >= 0.6 is 11.8 Å². The Hall–Kier alpha value is -2.68. The summed E-state index contributed by atoms with van der Waals surface area (Å²) in [4.78, 5) is 26.3. The number of carbonyl (C=O) groups excluding carboxylic acids is 1. The van der Waals surface area contributed by atoms with E-state index in [1.165, 1.54) is 11.8 Å². The lowest BCUT2D eigenvalue weighted by Crippen LogP contribution is -2.45. The second-order valence-electron chi connectivity index (χ2n) is 6.14. The molecule has 7 nitrogen and oxygen atoms in total. The molecular formula is C18H17FN4O3S. The molecule has 1 aromatic carbocycles. The smallest absolute Gasteiger partial charge is 0.316 e. The lowest BCUT2D eigenvalue weighted by atomic mass is 10.1. The second kappa shape index (κ2) is 7.91. The number of rotatable bonds is 5. The maximum absolute atomic E-state index is 12.9. The van der Waals surface area contributed by atoms with Gasteiger partial charge in [-0.25, -0.2) is 19.3 Å². The lowest BCUT2D eigenvalue weighted by Gasteiger charge is -2.32. The fourth-order valence-electron chi connectivity index (χ4n) is 2.90. The van der Waals surface area contributed by atoms with Crippen LogP contribution in [-0.2, 0) is 4.79 Å². The second-order valence-corrected chi connectivity index (χ2v) is 7.07. The molecule has 0 N–H and O–H groups in total. The third-order valence-corrected chi connectivity index (χ3v) is 5.01. The maximum atomic E-state index is 12.9. The van der Waals surface area contributed by atoms with Crippen LogP contribution in [0.4, 0.5) is 4.39 Å². The summed E-state index contributed by atoms with van der Waals surface area (Å²) in [5, 5.41) is 0.481. The number of ether oxygens (including phenoxy) is 1. The molecule has 140 valence electrons. The molecule has 1 unspecified atom stereocenters. The van der Waals surface area contributed by atoms with Crippen LogP contribution in [-0.4, -0.2) is 50.7 Å². The number of benzene rings is 1. The Bertz CT molecular complexity index is 901. The van der Waals surface area contributed by atoms with Gasteiger partial charge in [-0.05, 0) is 25.0 Å². The van der Waals surface area contributed by atoms with Gasteiger partial charge in [-0.3, -0.25) is 4.79 Å². The number of nitrogens with zero attached hydrogens (tertiary/aromatic N) is 4. The first-order chi connectivity index (χ1) is 13.2. The number of amides is 1. The topological polar surface area (TPSA) is 81.4 Å². The molecule has 1 saturated heterocycles. The van der Waals surface area contributed by atoms with E-state index in [0.717, 1.165) is 30.8 Å². The van der Waals surface area contributed by atoms with E-state index in [4.69, 9.17) is 9.15 Å². The number of halogens is 1. The molecule has 1 atom stereocenters. The summed E-state index contributed by atoms with van der Waals surface area (Å²) in [6.45, 7) is 1.13. The van der Waals surface area contributed by atoms with Crippen LogP contribution in [0, 0.1) is 5.82 Å². The summed E-state index contributed by atoms with van der Waals surface area (Å²) in [7, 11) is 0. The Morgan fingerprint density at radius 1 is 1.33 bits per heavy atom. The van der Waals surface area contributed by atoms with Gasteiger partial charge < -0.3 is 14.1 Å². The van der Waals surface area contributed by atoms with E-state index in [1.807, 2.05) is 24.3 Å². The average Bonchev–Trinajstić information content (AvgIpc) is 3.11. The van der Waals surface area contributed by atoms with E-state index in [2.05, 4.69) is 15.0 Å². The van der Waals surface area contributed by atoms with Gasteiger partial charge in [-0.1, -0.05) is 23.9 Å². The van der Waals surface area contributed by atoms with Crippen molar-refractivity contribution < 1.29 is 18.3 Å². The molecule has 3 heterocycles. The van der Waals surface area contributed by atoms with Gasteiger partial charge in [0, 0.05) is 6.54 Å². The fourth-order valence-corrected chi connectivity index (χ4v) is 3.64. The first kappa shape index (κ1) is 17.7. The number of para-hydroxylation sites is 2. The summed E-state index contributed by atoms with van der Waals surface area (Å²) in [5.74, 6) is -0.276. The van der Waals surface area contributed by atoms with Crippen LogP contribution in [0.15, 0.2) is 46.3 Å². The molecule has 0 bridgehead atoms. The molecular weight excluding hydrogens is 371 g/mol. The zero-order valence-corrected chi connectivity index (χ0v) is 15.2. The molecule has 27 heavy (non-hydrogen) atoms. The molecule has 2 aromatic heterocycles. The van der Waals surface area contributed by atoms with Gasteiger partial charge in [0.05, 0.1) is 24.7 Å². The molecule has 1 aliphatic rings. The highest BCUT2D eigenvalue weighted by atomic mass is 32.2. The van der Waals surface area contributed by atoms with Crippen molar-refractivity contribution in [2.75, 3.05) is 18.8 Å². The highest BCUT2D eigenvalue weighted by molar-refractivity contribution is 7.99. The molecule has 3 aromatic rings. The van der Waals surface area contributed by atoms with Crippen molar-refractivity contribution in [3.05, 3.63) is 42.5 Å². The largest absolute Gasteiger partial charge is 0.458 e. The SMILES string of the molecule is O=C(CSc1nc2ccccc2o1)N1CCCC(Oc2ncc(F)cn2)C1. The predicted octanol–water partition coefficient (Wildman–Crippen LogP) is 2.92. The van der Waals surface area contributed by atoms with Gasteiger partial charge in [0.15, 0.2) is 11.4 Å². The molecule has 0 saturated carbocycles. The van der Waals surface area contributed by atoms with E-state index in [9.17, 15) is 9.18 Å². The maximum Gasteiger partial charge on any atom is 0.316 e. The molecule has 4 rings (SSSR count). The quantitative estimate of drug-likeness (QED) is 0.622. The van der Waals surface area contributed by atoms with Crippen molar-refractivity contribution in [3.8, 4) is 6.01 Å². The molecule has 0 spiro atoms. The van der Waals surface area contributed by atoms with Crippen molar-refractivity contribution in [1.82, 2.24) is 19.9 Å². The summed E-state index contributed by atoms with van der Waals surface area (Å²) in [5.41, 5.74) is 1.48. The van der Waals surface area contributed by atoms with Crippen LogP contribution in [0.25, 0.3) is 11.1 Å². The Kier molecular flexibility index (Phi) is 5.19. The number of carbonyl (C=O) groups is 1. The Labute approximate surface area is 158 Å². The minimum Gasteiger partial charge on any atom is -0.458 e. The summed E-state index contributed by atoms with van der Waals surface area (Å²) >= 11 is 1.28. The van der Waals surface area contributed by atoms with Gasteiger partial charge in [-0.15, -0.1) is 0 Å². The molecule has 9 heteroatoms. The van der Waals surface area contributed by atoms with Gasteiger partial charge in [0.1, 0.15) is 11.6 Å². The van der Waals surface area contributed by atoms with E-state index >= 15 is 0 Å². The minimum atomic E-state index is -0.515. The molecule has 0 aliphatic carbocycles. The zero-order valence-electron chi connectivity index (χ0n) is 14.4.